The van der Waals surface area contributed by atoms with Crippen LogP contribution in [0.25, 0.3) is 0 Å². The summed E-state index contributed by atoms with van der Waals surface area (Å²) in [5.74, 6) is -0.263. The second-order valence-corrected chi connectivity index (χ2v) is 2.84. The highest BCUT2D eigenvalue weighted by Crippen LogP contribution is 2.03. The van der Waals surface area contributed by atoms with Crippen molar-refractivity contribution in [1.82, 2.24) is 15.1 Å². The highest BCUT2D eigenvalue weighted by Gasteiger charge is 2.11. The van der Waals surface area contributed by atoms with Crippen LogP contribution in [-0.2, 0) is 13.5 Å². The number of carbonyl (C=O) groups is 1. The molecule has 0 saturated heterocycles. The van der Waals surface area contributed by atoms with Gasteiger partial charge in [0, 0.05) is 7.05 Å². The molecule has 0 aromatic carbocycles. The second-order valence-electron chi connectivity index (χ2n) is 2.84. The van der Waals surface area contributed by atoms with Gasteiger partial charge in [-0.05, 0) is 12.5 Å². The summed E-state index contributed by atoms with van der Waals surface area (Å²) in [4.78, 5) is 11.4. The fraction of sp³-hybridized carbons (Fsp3) is 0.444. The fourth-order valence-electron chi connectivity index (χ4n) is 1.12. The molecule has 1 amide bonds. The summed E-state index contributed by atoms with van der Waals surface area (Å²) in [6, 6.07) is 3.58. The number of carbonyl (C=O) groups excluding carboxylic acids is 1. The van der Waals surface area contributed by atoms with Crippen LogP contribution in [0.1, 0.15) is 23.1 Å². The Morgan fingerprint density at radius 3 is 3.00 bits per heavy atom. The summed E-state index contributed by atoms with van der Waals surface area (Å²) in [7, 11) is 1.71. The molecule has 74 valence electrons. The Labute approximate surface area is 82.3 Å². The summed E-state index contributed by atoms with van der Waals surface area (Å²) in [5.41, 5.74) is 1.35. The van der Waals surface area contributed by atoms with Gasteiger partial charge in [-0.25, -0.2) is 0 Å². The van der Waals surface area contributed by atoms with Crippen molar-refractivity contribution < 1.29 is 4.79 Å². The first-order chi connectivity index (χ1) is 6.69. The van der Waals surface area contributed by atoms with E-state index in [4.69, 9.17) is 5.26 Å². The van der Waals surface area contributed by atoms with Crippen LogP contribution in [-0.4, -0.2) is 22.2 Å². The van der Waals surface area contributed by atoms with Crippen LogP contribution in [0.15, 0.2) is 6.07 Å². The first-order valence-electron chi connectivity index (χ1n) is 4.37. The third kappa shape index (κ3) is 2.10. The lowest BCUT2D eigenvalue weighted by Gasteiger charge is -1.99. The Kier molecular flexibility index (Phi) is 3.24. The van der Waals surface area contributed by atoms with Crippen LogP contribution < -0.4 is 5.32 Å². The Morgan fingerprint density at radius 2 is 2.50 bits per heavy atom. The molecule has 0 unspecified atom stereocenters. The molecular weight excluding hydrogens is 180 g/mol. The molecule has 1 aromatic rings. The molecule has 1 rings (SSSR count). The van der Waals surface area contributed by atoms with Gasteiger partial charge in [0.2, 0.25) is 0 Å². The molecule has 0 bridgehead atoms. The monoisotopic (exact) mass is 192 g/mol. The highest BCUT2D eigenvalue weighted by molar-refractivity contribution is 5.92. The van der Waals surface area contributed by atoms with Crippen molar-refractivity contribution in [2.45, 2.75) is 13.3 Å². The third-order valence-corrected chi connectivity index (χ3v) is 1.85. The predicted molar refractivity (Wildman–Crippen MR) is 50.5 cm³/mol. The first-order valence-corrected chi connectivity index (χ1v) is 4.37. The minimum Gasteiger partial charge on any atom is -0.338 e. The maximum Gasteiger partial charge on any atom is 0.270 e. The Bertz CT molecular complexity index is 375. The van der Waals surface area contributed by atoms with E-state index in [-0.39, 0.29) is 12.5 Å². The number of nitrogens with zero attached hydrogens (tertiary/aromatic N) is 3. The number of hydrogen-bond acceptors (Lipinski definition) is 3. The molecule has 0 fully saturated rings. The zero-order valence-corrected chi connectivity index (χ0v) is 8.24. The number of aromatic nitrogens is 2. The first kappa shape index (κ1) is 10.3. The summed E-state index contributed by atoms with van der Waals surface area (Å²) in [6.45, 7) is 1.99. The van der Waals surface area contributed by atoms with Crippen LogP contribution in [0.3, 0.4) is 0 Å². The highest BCUT2D eigenvalue weighted by atomic mass is 16.2. The van der Waals surface area contributed by atoms with E-state index in [1.165, 1.54) is 4.68 Å². The van der Waals surface area contributed by atoms with Gasteiger partial charge < -0.3 is 5.32 Å². The van der Waals surface area contributed by atoms with Crippen LogP contribution in [0, 0.1) is 11.3 Å². The Balaban J connectivity index is 2.79. The molecule has 0 radical (unpaired) electrons. The van der Waals surface area contributed by atoms with Gasteiger partial charge in [-0.15, -0.1) is 0 Å². The van der Waals surface area contributed by atoms with Crippen LogP contribution in [0.2, 0.25) is 0 Å². The molecule has 1 aromatic heterocycles. The van der Waals surface area contributed by atoms with Crippen molar-refractivity contribution in [2.75, 3.05) is 6.54 Å². The number of rotatable bonds is 3. The molecule has 0 spiro atoms. The molecular formula is C9H12N4O. The Morgan fingerprint density at radius 1 is 1.79 bits per heavy atom. The fourth-order valence-corrected chi connectivity index (χ4v) is 1.12. The van der Waals surface area contributed by atoms with E-state index in [2.05, 4.69) is 10.4 Å². The van der Waals surface area contributed by atoms with E-state index in [0.717, 1.165) is 12.1 Å². The minimum atomic E-state index is -0.263. The lowest BCUT2D eigenvalue weighted by atomic mass is 10.3. The van der Waals surface area contributed by atoms with Gasteiger partial charge in [-0.2, -0.15) is 10.4 Å². The maximum atomic E-state index is 11.4. The van der Waals surface area contributed by atoms with E-state index in [0.29, 0.717) is 5.69 Å². The van der Waals surface area contributed by atoms with E-state index >= 15 is 0 Å². The zero-order chi connectivity index (χ0) is 10.6. The van der Waals surface area contributed by atoms with Crippen molar-refractivity contribution in [3.63, 3.8) is 0 Å². The van der Waals surface area contributed by atoms with Crippen LogP contribution in [0.4, 0.5) is 0 Å². The number of nitriles is 1. The SMILES string of the molecule is CCc1cc(C(=O)NCC#N)n(C)n1. The third-order valence-electron chi connectivity index (χ3n) is 1.85. The number of nitrogens with one attached hydrogen (secondary N) is 1. The molecule has 0 aliphatic rings. The van der Waals surface area contributed by atoms with E-state index < -0.39 is 0 Å². The van der Waals surface area contributed by atoms with E-state index in [9.17, 15) is 4.79 Å². The molecule has 0 atom stereocenters. The van der Waals surface area contributed by atoms with Crippen molar-refractivity contribution in [3.8, 4) is 6.07 Å². The Hall–Kier alpha value is -1.83. The van der Waals surface area contributed by atoms with E-state index in [1.807, 2.05) is 13.0 Å². The van der Waals surface area contributed by atoms with Crippen molar-refractivity contribution >= 4 is 5.91 Å². The number of amides is 1. The normalized spacial score (nSPS) is 9.50. The predicted octanol–water partition coefficient (Wildman–Crippen LogP) is 0.236. The molecule has 14 heavy (non-hydrogen) atoms. The topological polar surface area (TPSA) is 70.7 Å². The largest absolute Gasteiger partial charge is 0.338 e. The van der Waals surface area contributed by atoms with Gasteiger partial charge in [0.05, 0.1) is 11.8 Å². The van der Waals surface area contributed by atoms with E-state index in [1.54, 1.807) is 13.1 Å². The standard InChI is InChI=1S/C9H12N4O/c1-3-7-6-8(13(2)12-7)9(14)11-5-4-10/h6H,3,5H2,1-2H3,(H,11,14). The zero-order valence-electron chi connectivity index (χ0n) is 8.24. The molecule has 0 aliphatic heterocycles. The molecule has 5 nitrogen and oxygen atoms in total. The molecule has 5 heteroatoms. The maximum absolute atomic E-state index is 11.4. The van der Waals surface area contributed by atoms with Crippen LogP contribution >= 0.6 is 0 Å². The average molecular weight is 192 g/mol. The van der Waals surface area contributed by atoms with Gasteiger partial charge in [-0.1, -0.05) is 6.92 Å². The van der Waals surface area contributed by atoms with Gasteiger partial charge in [-0.3, -0.25) is 9.48 Å². The number of hydrogen-bond donors (Lipinski definition) is 1. The average Bonchev–Trinajstić information content (AvgIpc) is 2.56. The van der Waals surface area contributed by atoms with Gasteiger partial charge >= 0.3 is 0 Å². The molecule has 0 aliphatic carbocycles. The summed E-state index contributed by atoms with van der Waals surface area (Å²) in [6.07, 6.45) is 0.791. The second kappa shape index (κ2) is 4.42. The smallest absolute Gasteiger partial charge is 0.270 e. The lowest BCUT2D eigenvalue weighted by molar-refractivity contribution is 0.0949. The van der Waals surface area contributed by atoms with Gasteiger partial charge in [0.15, 0.2) is 0 Å². The lowest BCUT2D eigenvalue weighted by Crippen LogP contribution is -2.25. The molecule has 0 saturated carbocycles. The van der Waals surface area contributed by atoms with Gasteiger partial charge in [0.25, 0.3) is 5.91 Å². The molecule has 1 heterocycles. The summed E-state index contributed by atoms with van der Waals surface area (Å²) >= 11 is 0. The van der Waals surface area contributed by atoms with Crippen molar-refractivity contribution in [1.29, 1.82) is 5.26 Å². The minimum absolute atomic E-state index is 0.0193. The number of aryl methyl sites for hydroxylation is 2. The summed E-state index contributed by atoms with van der Waals surface area (Å²) < 4.78 is 1.52. The van der Waals surface area contributed by atoms with Crippen molar-refractivity contribution in [3.05, 3.63) is 17.5 Å². The summed E-state index contributed by atoms with van der Waals surface area (Å²) in [5, 5.41) is 14.9. The molecule has 1 N–H and O–H groups in total. The van der Waals surface area contributed by atoms with Gasteiger partial charge in [0.1, 0.15) is 12.2 Å². The quantitative estimate of drug-likeness (QED) is 0.697. The van der Waals surface area contributed by atoms with Crippen LogP contribution in [0.5, 0.6) is 0 Å². The van der Waals surface area contributed by atoms with Crippen molar-refractivity contribution in [2.24, 2.45) is 7.05 Å².